The maximum atomic E-state index is 12.5. The molecule has 0 unspecified atom stereocenters. The average molecular weight is 357 g/mol. The molecule has 24 heavy (non-hydrogen) atoms. The summed E-state index contributed by atoms with van der Waals surface area (Å²) in [6.07, 6.45) is -4.68. The van der Waals surface area contributed by atoms with E-state index in [1.807, 2.05) is 31.2 Å². The third-order valence-corrected chi connectivity index (χ3v) is 3.52. The zero-order chi connectivity index (χ0) is 17.9. The van der Waals surface area contributed by atoms with Crippen LogP contribution in [0.5, 0.6) is 0 Å². The van der Waals surface area contributed by atoms with Gasteiger partial charge in [0.15, 0.2) is 0 Å². The molecule has 0 aliphatic carbocycles. The van der Waals surface area contributed by atoms with Crippen molar-refractivity contribution in [1.82, 2.24) is 0 Å². The van der Waals surface area contributed by atoms with Crippen molar-refractivity contribution in [1.29, 1.82) is 0 Å². The predicted octanol–water partition coefficient (Wildman–Crippen LogP) is 4.88. The van der Waals surface area contributed by atoms with E-state index in [9.17, 15) is 18.0 Å². The zero-order valence-electron chi connectivity index (χ0n) is 12.9. The Kier molecular flexibility index (Phi) is 5.29. The Balaban J connectivity index is 2.59. The van der Waals surface area contributed by atoms with Crippen molar-refractivity contribution in [2.75, 3.05) is 7.11 Å². The number of rotatable bonds is 3. The molecular weight excluding hydrogens is 343 g/mol. The lowest BCUT2D eigenvalue weighted by molar-refractivity contribution is -0.277. The summed E-state index contributed by atoms with van der Waals surface area (Å²) in [4.78, 5) is 11.8. The minimum atomic E-state index is -4.59. The lowest BCUT2D eigenvalue weighted by Crippen LogP contribution is -2.14. The number of halogens is 4. The molecule has 0 saturated heterocycles. The molecule has 0 heterocycles. The van der Waals surface area contributed by atoms with Crippen LogP contribution in [0, 0.1) is 6.92 Å². The summed E-state index contributed by atoms with van der Waals surface area (Å²) in [6.45, 7) is 1.92. The molecule has 0 aromatic heterocycles. The Morgan fingerprint density at radius 2 is 1.75 bits per heavy atom. The first-order valence-electron chi connectivity index (χ1n) is 6.88. The van der Waals surface area contributed by atoms with E-state index in [0.29, 0.717) is 9.66 Å². The number of carbonyl (C=O) groups excluding carboxylic acids is 1. The van der Waals surface area contributed by atoms with Gasteiger partial charge in [-0.2, -0.15) is 13.2 Å². The van der Waals surface area contributed by atoms with Crippen LogP contribution in [-0.2, 0) is 4.74 Å². The van der Waals surface area contributed by atoms with Crippen LogP contribution in [0.15, 0.2) is 42.5 Å². The second kappa shape index (κ2) is 7.05. The Hall–Kier alpha value is -2.34. The number of hydrogen-bond acceptors (Lipinski definition) is 2. The van der Waals surface area contributed by atoms with Crippen LogP contribution in [0.2, 0.25) is 0 Å². The van der Waals surface area contributed by atoms with Crippen molar-refractivity contribution < 1.29 is 26.8 Å². The second-order valence-corrected chi connectivity index (χ2v) is 5.47. The van der Waals surface area contributed by atoms with Gasteiger partial charge in [-0.25, -0.2) is 4.79 Å². The predicted molar refractivity (Wildman–Crippen MR) is 85.8 cm³/mol. The minimum Gasteiger partial charge on any atom is -0.465 e. The third kappa shape index (κ3) is 4.58. The molecule has 7 heteroatoms. The topological polar surface area (TPSA) is 29.3 Å². The van der Waals surface area contributed by atoms with Gasteiger partial charge in [0.25, 0.3) is 18.0 Å². The van der Waals surface area contributed by atoms with E-state index in [0.717, 1.165) is 11.1 Å². The molecule has 0 bridgehead atoms. The first kappa shape index (κ1) is 18.0. The van der Waals surface area contributed by atoms with E-state index in [4.69, 9.17) is 11.8 Å². The van der Waals surface area contributed by atoms with Gasteiger partial charge in [-0.05, 0) is 24.1 Å². The van der Waals surface area contributed by atoms with Crippen LogP contribution >= 0.6 is 11.8 Å². The Morgan fingerprint density at radius 1 is 1.12 bits per heavy atom. The van der Waals surface area contributed by atoms with Crippen LogP contribution in [-0.4, -0.2) is 29.6 Å². The van der Waals surface area contributed by atoms with Crippen LogP contribution in [0.1, 0.15) is 15.9 Å². The number of ether oxygens (including phenoxy) is 1. The molecule has 2 rings (SSSR count). The van der Waals surface area contributed by atoms with E-state index in [2.05, 4.69) is 4.74 Å². The maximum absolute atomic E-state index is 12.5. The second-order valence-electron chi connectivity index (χ2n) is 5.11. The van der Waals surface area contributed by atoms with Crippen LogP contribution in [0.3, 0.4) is 0 Å². The summed E-state index contributed by atoms with van der Waals surface area (Å²) in [5.41, 5.74) is 2.44. The Labute approximate surface area is 142 Å². The standard InChI is InChI=1S/C17H14ClF3NO2/c1-11-3-5-12(6-4-11)13-7-14(16(23)24-2)9-15(8-13)22(18)10-17(19,20)21/h3-10H,1-2H3/q+1/b22-10-. The number of aryl methyl sites for hydroxylation is 1. The molecule has 2 aromatic carbocycles. The summed E-state index contributed by atoms with van der Waals surface area (Å²) in [6, 6.07) is 11.6. The van der Waals surface area contributed by atoms with Gasteiger partial charge < -0.3 is 4.74 Å². The highest BCUT2D eigenvalue weighted by Gasteiger charge is 2.32. The number of carbonyl (C=O) groups is 1. The van der Waals surface area contributed by atoms with Crippen molar-refractivity contribution in [2.24, 2.45) is 0 Å². The van der Waals surface area contributed by atoms with Crippen molar-refractivity contribution in [3.8, 4) is 11.1 Å². The van der Waals surface area contributed by atoms with Crippen molar-refractivity contribution >= 4 is 29.6 Å². The number of alkyl halides is 3. The molecule has 0 aliphatic heterocycles. The van der Waals surface area contributed by atoms with Gasteiger partial charge in [0, 0.05) is 12.1 Å². The lowest BCUT2D eigenvalue weighted by atomic mass is 10.0. The van der Waals surface area contributed by atoms with E-state index < -0.39 is 12.1 Å². The highest BCUT2D eigenvalue weighted by Crippen LogP contribution is 2.28. The van der Waals surface area contributed by atoms with Gasteiger partial charge in [0.2, 0.25) is 5.69 Å². The lowest BCUT2D eigenvalue weighted by Gasteiger charge is -2.06. The summed E-state index contributed by atoms with van der Waals surface area (Å²) < 4.78 is 42.6. The molecule has 2 aromatic rings. The minimum absolute atomic E-state index is 0.00691. The molecular formula is C17H14ClF3NO2+. The van der Waals surface area contributed by atoms with Gasteiger partial charge in [-0.15, -0.1) is 0 Å². The maximum Gasteiger partial charge on any atom is 0.471 e. The SMILES string of the molecule is COC(=O)c1cc(-c2ccc(C)cc2)cc(/[N+](Cl)=C/C(F)(F)F)c1. The molecule has 0 amide bonds. The van der Waals surface area contributed by atoms with Gasteiger partial charge in [-0.1, -0.05) is 33.9 Å². The van der Waals surface area contributed by atoms with E-state index >= 15 is 0 Å². The fourth-order valence-corrected chi connectivity index (χ4v) is 2.29. The van der Waals surface area contributed by atoms with Crippen LogP contribution < -0.4 is 0 Å². The number of nitrogens with zero attached hydrogens (tertiary/aromatic N) is 1. The number of esters is 1. The Bertz CT molecular complexity index is 783. The Morgan fingerprint density at radius 3 is 2.29 bits per heavy atom. The highest BCUT2D eigenvalue weighted by atomic mass is 35.5. The fourth-order valence-electron chi connectivity index (χ4n) is 2.09. The molecule has 126 valence electrons. The van der Waals surface area contributed by atoms with E-state index in [-0.39, 0.29) is 17.5 Å². The third-order valence-electron chi connectivity index (χ3n) is 3.23. The van der Waals surface area contributed by atoms with E-state index in [1.54, 1.807) is 0 Å². The van der Waals surface area contributed by atoms with Crippen molar-refractivity contribution in [3.63, 3.8) is 0 Å². The molecule has 0 spiro atoms. The first-order chi connectivity index (χ1) is 11.2. The number of benzene rings is 2. The molecule has 3 nitrogen and oxygen atoms in total. The van der Waals surface area contributed by atoms with Gasteiger partial charge in [0.1, 0.15) is 0 Å². The summed E-state index contributed by atoms with van der Waals surface area (Å²) in [7, 11) is 1.20. The van der Waals surface area contributed by atoms with Crippen LogP contribution in [0.4, 0.5) is 18.9 Å². The monoisotopic (exact) mass is 356 g/mol. The van der Waals surface area contributed by atoms with E-state index in [1.165, 1.54) is 25.3 Å². The van der Waals surface area contributed by atoms with Crippen molar-refractivity contribution in [3.05, 3.63) is 53.6 Å². The van der Waals surface area contributed by atoms with Gasteiger partial charge >= 0.3 is 12.1 Å². The number of hydrogen-bond donors (Lipinski definition) is 0. The normalized spacial score (nSPS) is 12.2. The fraction of sp³-hybridized carbons (Fsp3) is 0.176. The van der Waals surface area contributed by atoms with Crippen molar-refractivity contribution in [2.45, 2.75) is 13.1 Å². The molecule has 0 fully saturated rings. The summed E-state index contributed by atoms with van der Waals surface area (Å²) >= 11 is 5.70. The summed E-state index contributed by atoms with van der Waals surface area (Å²) in [5, 5.41) is 0. The largest absolute Gasteiger partial charge is 0.471 e. The molecule has 0 saturated carbocycles. The molecule has 0 N–H and O–H groups in total. The average Bonchev–Trinajstić information content (AvgIpc) is 2.52. The number of methoxy groups -OCH3 is 1. The highest BCUT2D eigenvalue weighted by molar-refractivity contribution is 6.08. The zero-order valence-corrected chi connectivity index (χ0v) is 13.7. The van der Waals surface area contributed by atoms with Crippen LogP contribution in [0.25, 0.3) is 11.1 Å². The molecule has 0 atom stereocenters. The summed E-state index contributed by atoms with van der Waals surface area (Å²) in [5.74, 6) is -0.665. The first-order valence-corrected chi connectivity index (χ1v) is 7.21. The van der Waals surface area contributed by atoms with Gasteiger partial charge in [0.05, 0.1) is 12.7 Å². The quantitative estimate of drug-likeness (QED) is 0.445. The van der Waals surface area contributed by atoms with Gasteiger partial charge in [-0.3, -0.25) is 0 Å². The molecule has 0 radical (unpaired) electrons. The molecule has 0 aliphatic rings. The smallest absolute Gasteiger partial charge is 0.465 e.